The average molecular weight is 605 g/mol. The molecule has 4 N–H and O–H groups in total. The van der Waals surface area contributed by atoms with Gasteiger partial charge in [0.05, 0.1) is 17.8 Å². The van der Waals surface area contributed by atoms with E-state index >= 15 is 0 Å². The van der Waals surface area contributed by atoms with Crippen LogP contribution in [0, 0.1) is 5.41 Å². The van der Waals surface area contributed by atoms with Crippen molar-refractivity contribution in [3.8, 4) is 17.1 Å². The number of alkyl halides is 3. The molecular weight excluding hydrogens is 581 g/mol. The molecule has 0 spiro atoms. The second-order valence-electron chi connectivity index (χ2n) is 9.11. The fourth-order valence-electron chi connectivity index (χ4n) is 3.73. The number of halogens is 4. The number of benzene rings is 2. The lowest BCUT2D eigenvalue weighted by molar-refractivity contribution is -0.207. The third kappa shape index (κ3) is 6.58. The van der Waals surface area contributed by atoms with Crippen molar-refractivity contribution >= 4 is 23.2 Å². The van der Waals surface area contributed by atoms with Crippen molar-refractivity contribution in [1.82, 2.24) is 34.4 Å². The van der Waals surface area contributed by atoms with Crippen LogP contribution in [-0.2, 0) is 13.1 Å². The van der Waals surface area contributed by atoms with Crippen LogP contribution in [0.5, 0.6) is 0 Å². The van der Waals surface area contributed by atoms with Crippen molar-refractivity contribution in [2.24, 2.45) is 0 Å². The predicted molar refractivity (Wildman–Crippen MR) is 146 cm³/mol. The van der Waals surface area contributed by atoms with Gasteiger partial charge in [-0.2, -0.15) is 13.2 Å². The van der Waals surface area contributed by atoms with Crippen LogP contribution in [0.25, 0.3) is 17.1 Å². The minimum absolute atomic E-state index is 0.0361. The lowest BCUT2D eigenvalue weighted by Crippen LogP contribution is -2.37. The Morgan fingerprint density at radius 3 is 2.43 bits per heavy atom. The predicted octanol–water partition coefficient (Wildman–Crippen LogP) is 3.48. The van der Waals surface area contributed by atoms with Gasteiger partial charge in [-0.1, -0.05) is 23.7 Å². The first-order valence-corrected chi connectivity index (χ1v) is 12.6. The van der Waals surface area contributed by atoms with Crippen LogP contribution < -0.4 is 11.0 Å². The standard InChI is InChI=1S/C26H24ClF3N8O4/c1-14(15(2)31)23(40)33-24(41)18-5-3-4-6-19(18)38-13-32-21(34-38)12-37-25(42)36(11-20(39)26(28,29)30)22(35-37)16-7-9-17(27)10-8-16/h3-10,13,20,31,39-40H,11-12H2,1-2H3,(H,33,41)/b23-14-,31-15?/t20-/m0/s1. The summed E-state index contributed by atoms with van der Waals surface area (Å²) >= 11 is 5.91. The van der Waals surface area contributed by atoms with Gasteiger partial charge < -0.3 is 15.6 Å². The number of carbonyl (C=O) groups is 1. The Labute approximate surface area is 240 Å². The zero-order chi connectivity index (χ0) is 30.8. The number of hydrogen-bond acceptors (Lipinski definition) is 8. The molecule has 0 saturated carbocycles. The van der Waals surface area contributed by atoms with Gasteiger partial charge in [0.2, 0.25) is 0 Å². The van der Waals surface area contributed by atoms with Gasteiger partial charge in [0, 0.05) is 21.9 Å². The number of aromatic nitrogens is 6. The SMILES string of the molecule is CC(=N)/C(C)=C(\O)NC(=O)c1ccccc1-n1cnc(Cn2nc(-c3ccc(Cl)cc3)n(C[C@H](O)C(F)(F)F)c2=O)n1. The summed E-state index contributed by atoms with van der Waals surface area (Å²) < 4.78 is 42.2. The summed E-state index contributed by atoms with van der Waals surface area (Å²) in [4.78, 5) is 30.1. The fourth-order valence-corrected chi connectivity index (χ4v) is 3.85. The number of hydrogen-bond donors (Lipinski definition) is 4. The molecule has 1 amide bonds. The van der Waals surface area contributed by atoms with Crippen LogP contribution in [-0.4, -0.2) is 63.2 Å². The maximum atomic E-state index is 13.1. The van der Waals surface area contributed by atoms with E-state index in [-0.39, 0.29) is 46.3 Å². The number of aliphatic hydroxyl groups excluding tert-OH is 2. The molecule has 0 aliphatic rings. The lowest BCUT2D eigenvalue weighted by atomic mass is 10.1. The van der Waals surface area contributed by atoms with Gasteiger partial charge in [-0.25, -0.2) is 19.1 Å². The van der Waals surface area contributed by atoms with E-state index < -0.39 is 36.3 Å². The number of amides is 1. The second-order valence-corrected chi connectivity index (χ2v) is 9.55. The van der Waals surface area contributed by atoms with Gasteiger partial charge in [-0.3, -0.25) is 14.7 Å². The number of allylic oxidation sites excluding steroid dienone is 1. The normalized spacial score (nSPS) is 13.0. The van der Waals surface area contributed by atoms with E-state index in [4.69, 9.17) is 17.0 Å². The van der Waals surface area contributed by atoms with Crippen LogP contribution >= 0.6 is 11.6 Å². The monoisotopic (exact) mass is 604 g/mol. The maximum absolute atomic E-state index is 13.1. The molecule has 0 saturated heterocycles. The van der Waals surface area contributed by atoms with Crippen LogP contribution in [0.3, 0.4) is 0 Å². The van der Waals surface area contributed by atoms with E-state index in [9.17, 15) is 33.0 Å². The molecule has 2 aromatic heterocycles. The zero-order valence-electron chi connectivity index (χ0n) is 22.1. The molecule has 0 aliphatic carbocycles. The Kier molecular flexibility index (Phi) is 8.63. The summed E-state index contributed by atoms with van der Waals surface area (Å²) in [6.45, 7) is 1.48. The topological polar surface area (TPSA) is 164 Å². The molecule has 0 bridgehead atoms. The summed E-state index contributed by atoms with van der Waals surface area (Å²) in [7, 11) is 0. The average Bonchev–Trinajstić information content (AvgIpc) is 3.53. The molecule has 16 heteroatoms. The van der Waals surface area contributed by atoms with Crippen LogP contribution in [0.15, 0.2) is 71.1 Å². The van der Waals surface area contributed by atoms with Crippen molar-refractivity contribution in [3.05, 3.63) is 93.2 Å². The molecule has 0 aliphatic heterocycles. The van der Waals surface area contributed by atoms with Gasteiger partial charge in [0.15, 0.2) is 23.6 Å². The molecule has 12 nitrogen and oxygen atoms in total. The lowest BCUT2D eigenvalue weighted by Gasteiger charge is -2.15. The van der Waals surface area contributed by atoms with Crippen molar-refractivity contribution in [2.45, 2.75) is 39.2 Å². The van der Waals surface area contributed by atoms with Gasteiger partial charge in [-0.15, -0.1) is 10.2 Å². The molecule has 2 aromatic carbocycles. The number of nitrogens with one attached hydrogen (secondary N) is 2. The number of rotatable bonds is 9. The molecule has 42 heavy (non-hydrogen) atoms. The highest BCUT2D eigenvalue weighted by Gasteiger charge is 2.39. The Hall–Kier alpha value is -4.76. The number of nitrogens with zero attached hydrogens (tertiary/aromatic N) is 6. The Bertz CT molecular complexity index is 1720. The van der Waals surface area contributed by atoms with Crippen molar-refractivity contribution < 1.29 is 28.2 Å². The van der Waals surface area contributed by atoms with E-state index in [0.717, 1.165) is 4.68 Å². The Morgan fingerprint density at radius 2 is 1.79 bits per heavy atom. The van der Waals surface area contributed by atoms with Gasteiger partial charge in [0.1, 0.15) is 12.9 Å². The van der Waals surface area contributed by atoms with Gasteiger partial charge in [0.25, 0.3) is 5.91 Å². The number of para-hydroxylation sites is 1. The highest BCUT2D eigenvalue weighted by molar-refractivity contribution is 6.30. The largest absolute Gasteiger partial charge is 0.494 e. The first-order chi connectivity index (χ1) is 19.8. The summed E-state index contributed by atoms with van der Waals surface area (Å²) in [5.41, 5.74) is -0.0593. The van der Waals surface area contributed by atoms with Crippen LogP contribution in [0.1, 0.15) is 30.0 Å². The molecule has 2 heterocycles. The van der Waals surface area contributed by atoms with Crippen molar-refractivity contribution in [1.29, 1.82) is 5.41 Å². The Balaban J connectivity index is 1.66. The minimum atomic E-state index is -4.97. The highest BCUT2D eigenvalue weighted by Crippen LogP contribution is 2.24. The van der Waals surface area contributed by atoms with Gasteiger partial charge >= 0.3 is 11.9 Å². The van der Waals surface area contributed by atoms with E-state index in [1.807, 2.05) is 0 Å². The van der Waals surface area contributed by atoms with Crippen molar-refractivity contribution in [2.75, 3.05) is 0 Å². The molecule has 4 rings (SSSR count). The van der Waals surface area contributed by atoms with E-state index in [1.165, 1.54) is 55.2 Å². The minimum Gasteiger partial charge on any atom is -0.494 e. The van der Waals surface area contributed by atoms with Gasteiger partial charge in [-0.05, 0) is 50.2 Å². The quantitative estimate of drug-likeness (QED) is 0.168. The number of carbonyl (C=O) groups excluding carboxylic acids is 1. The van der Waals surface area contributed by atoms with Crippen LogP contribution in [0.2, 0.25) is 5.02 Å². The molecule has 220 valence electrons. The molecule has 0 fully saturated rings. The van der Waals surface area contributed by atoms with Crippen molar-refractivity contribution in [3.63, 3.8) is 0 Å². The molecule has 4 aromatic rings. The number of aliphatic hydroxyl groups is 2. The molecule has 0 radical (unpaired) electrons. The van der Waals surface area contributed by atoms with Crippen LogP contribution in [0.4, 0.5) is 13.2 Å². The summed E-state index contributed by atoms with van der Waals surface area (Å²) in [5.74, 6) is -1.27. The smallest absolute Gasteiger partial charge is 0.416 e. The van der Waals surface area contributed by atoms with E-state index in [0.29, 0.717) is 9.59 Å². The third-order valence-corrected chi connectivity index (χ3v) is 6.39. The van der Waals surface area contributed by atoms with E-state index in [1.54, 1.807) is 18.2 Å². The summed E-state index contributed by atoms with van der Waals surface area (Å²) in [5, 5.41) is 38.5. The van der Waals surface area contributed by atoms with E-state index in [2.05, 4.69) is 20.5 Å². The first kappa shape index (κ1) is 30.2. The molecule has 0 unspecified atom stereocenters. The summed E-state index contributed by atoms with van der Waals surface area (Å²) in [6, 6.07) is 12.1. The first-order valence-electron chi connectivity index (χ1n) is 12.2. The molecular formula is C26H24ClF3N8O4. The maximum Gasteiger partial charge on any atom is 0.416 e. The fraction of sp³-hybridized carbons (Fsp3) is 0.231. The second kappa shape index (κ2) is 12.0. The third-order valence-electron chi connectivity index (χ3n) is 6.13. The Morgan fingerprint density at radius 1 is 1.12 bits per heavy atom. The molecule has 1 atom stereocenters. The summed E-state index contributed by atoms with van der Waals surface area (Å²) in [6.07, 6.45) is -6.53. The zero-order valence-corrected chi connectivity index (χ0v) is 22.8. The highest BCUT2D eigenvalue weighted by atomic mass is 35.5.